The van der Waals surface area contributed by atoms with Crippen molar-refractivity contribution in [2.24, 2.45) is 5.73 Å². The molecule has 1 unspecified atom stereocenters. The van der Waals surface area contributed by atoms with E-state index >= 15 is 0 Å². The molecule has 1 heterocycles. The summed E-state index contributed by atoms with van der Waals surface area (Å²) in [5.74, 6) is 0. The number of nitrogens with two attached hydrogens (primary N) is 2. The van der Waals surface area contributed by atoms with Gasteiger partial charge in [0, 0.05) is 16.7 Å². The van der Waals surface area contributed by atoms with E-state index in [2.05, 4.69) is 35.3 Å². The van der Waals surface area contributed by atoms with Gasteiger partial charge in [-0.25, -0.2) is 4.98 Å². The first-order chi connectivity index (χ1) is 9.23. The summed E-state index contributed by atoms with van der Waals surface area (Å²) in [6.07, 6.45) is 4.19. The summed E-state index contributed by atoms with van der Waals surface area (Å²) >= 11 is 1.64. The Kier molecular flexibility index (Phi) is 3.29. The molecule has 1 aromatic carbocycles. The molecule has 1 aromatic heterocycles. The quantitative estimate of drug-likeness (QED) is 0.903. The second-order valence-electron chi connectivity index (χ2n) is 5.28. The van der Waals surface area contributed by atoms with E-state index < -0.39 is 0 Å². The monoisotopic (exact) mass is 273 g/mol. The van der Waals surface area contributed by atoms with Crippen LogP contribution in [0.5, 0.6) is 0 Å². The average Bonchev–Trinajstić information content (AvgIpc) is 2.79. The van der Waals surface area contributed by atoms with Gasteiger partial charge in [-0.05, 0) is 31.4 Å². The highest BCUT2D eigenvalue weighted by Crippen LogP contribution is 2.42. The number of hydrogen-bond donors (Lipinski definition) is 2. The van der Waals surface area contributed by atoms with Gasteiger partial charge >= 0.3 is 0 Å². The number of thiazole rings is 1. The zero-order valence-corrected chi connectivity index (χ0v) is 11.7. The fourth-order valence-electron chi connectivity index (χ4n) is 3.17. The van der Waals surface area contributed by atoms with Crippen molar-refractivity contribution in [3.63, 3.8) is 0 Å². The van der Waals surface area contributed by atoms with E-state index in [1.165, 1.54) is 16.1 Å². The molecule has 0 radical (unpaired) electrons. The Hall–Kier alpha value is -1.39. The highest BCUT2D eigenvalue weighted by molar-refractivity contribution is 7.15. The predicted octanol–water partition coefficient (Wildman–Crippen LogP) is 2.50. The van der Waals surface area contributed by atoms with Crippen LogP contribution in [0.2, 0.25) is 0 Å². The van der Waals surface area contributed by atoms with E-state index in [-0.39, 0.29) is 5.41 Å². The molecule has 19 heavy (non-hydrogen) atoms. The lowest BCUT2D eigenvalue weighted by Gasteiger charge is -2.37. The molecule has 1 aliphatic rings. The number of aryl methyl sites for hydroxylation is 1. The smallest absolute Gasteiger partial charge is 0.180 e. The number of aromatic nitrogens is 1. The Bertz CT molecular complexity index is 564. The molecule has 4 heteroatoms. The Morgan fingerprint density at radius 2 is 2.05 bits per heavy atom. The van der Waals surface area contributed by atoms with E-state index in [4.69, 9.17) is 11.5 Å². The fraction of sp³-hybridized carbons (Fsp3) is 0.400. The number of hydrogen-bond acceptors (Lipinski definition) is 4. The SMILES string of the molecule is NCCC1(c2ccccc2)CCc2sc(N)nc2C1. The van der Waals surface area contributed by atoms with E-state index in [1.807, 2.05) is 0 Å². The van der Waals surface area contributed by atoms with Gasteiger partial charge in [0.2, 0.25) is 0 Å². The van der Waals surface area contributed by atoms with Crippen LogP contribution in [0, 0.1) is 0 Å². The van der Waals surface area contributed by atoms with E-state index in [0.717, 1.165) is 25.7 Å². The maximum Gasteiger partial charge on any atom is 0.180 e. The highest BCUT2D eigenvalue weighted by atomic mass is 32.1. The molecule has 1 aliphatic carbocycles. The standard InChI is InChI=1S/C15H19N3S/c16-9-8-15(11-4-2-1-3-5-11)7-6-13-12(10-15)18-14(17)19-13/h1-5H,6-10,16H2,(H2,17,18). The summed E-state index contributed by atoms with van der Waals surface area (Å²) in [7, 11) is 0. The molecule has 3 nitrogen and oxygen atoms in total. The maximum atomic E-state index is 5.86. The Labute approximate surface area is 117 Å². The molecule has 100 valence electrons. The van der Waals surface area contributed by atoms with Crippen LogP contribution in [0.1, 0.15) is 29.0 Å². The minimum atomic E-state index is 0.142. The Morgan fingerprint density at radius 1 is 1.26 bits per heavy atom. The van der Waals surface area contributed by atoms with Crippen molar-refractivity contribution in [1.29, 1.82) is 0 Å². The van der Waals surface area contributed by atoms with Gasteiger partial charge in [0.25, 0.3) is 0 Å². The third-order valence-electron chi connectivity index (χ3n) is 4.14. The van der Waals surface area contributed by atoms with Crippen molar-refractivity contribution in [2.75, 3.05) is 12.3 Å². The van der Waals surface area contributed by atoms with E-state index in [1.54, 1.807) is 11.3 Å². The van der Waals surface area contributed by atoms with Gasteiger partial charge in [-0.15, -0.1) is 11.3 Å². The second-order valence-corrected chi connectivity index (χ2v) is 6.40. The lowest BCUT2D eigenvalue weighted by atomic mass is 9.68. The molecule has 1 atom stereocenters. The lowest BCUT2D eigenvalue weighted by molar-refractivity contribution is 0.347. The molecule has 2 aromatic rings. The van der Waals surface area contributed by atoms with Gasteiger partial charge in [0.1, 0.15) is 0 Å². The van der Waals surface area contributed by atoms with Gasteiger partial charge in [-0.1, -0.05) is 30.3 Å². The molecular weight excluding hydrogens is 254 g/mol. The third-order valence-corrected chi connectivity index (χ3v) is 5.13. The van der Waals surface area contributed by atoms with Gasteiger partial charge in [0.05, 0.1) is 5.69 Å². The maximum absolute atomic E-state index is 5.86. The minimum absolute atomic E-state index is 0.142. The van der Waals surface area contributed by atoms with Crippen LogP contribution in [0.25, 0.3) is 0 Å². The lowest BCUT2D eigenvalue weighted by Crippen LogP contribution is -2.35. The fourth-order valence-corrected chi connectivity index (χ4v) is 4.02. The molecule has 0 saturated carbocycles. The van der Waals surface area contributed by atoms with E-state index in [0.29, 0.717) is 11.7 Å². The first-order valence-corrected chi connectivity index (χ1v) is 7.55. The van der Waals surface area contributed by atoms with Gasteiger partial charge < -0.3 is 11.5 Å². The predicted molar refractivity (Wildman–Crippen MR) is 80.3 cm³/mol. The summed E-state index contributed by atoms with van der Waals surface area (Å²) in [5, 5.41) is 0.696. The van der Waals surface area contributed by atoms with Gasteiger partial charge in [-0.3, -0.25) is 0 Å². The van der Waals surface area contributed by atoms with Crippen molar-refractivity contribution in [3.05, 3.63) is 46.5 Å². The number of anilines is 1. The molecule has 0 bridgehead atoms. The largest absolute Gasteiger partial charge is 0.375 e. The van der Waals surface area contributed by atoms with Crippen molar-refractivity contribution in [2.45, 2.75) is 31.1 Å². The third kappa shape index (κ3) is 2.26. The van der Waals surface area contributed by atoms with Gasteiger partial charge in [-0.2, -0.15) is 0 Å². The van der Waals surface area contributed by atoms with Crippen molar-refractivity contribution in [1.82, 2.24) is 4.98 Å². The van der Waals surface area contributed by atoms with Crippen molar-refractivity contribution < 1.29 is 0 Å². The van der Waals surface area contributed by atoms with Crippen LogP contribution in [-0.4, -0.2) is 11.5 Å². The van der Waals surface area contributed by atoms with Crippen LogP contribution < -0.4 is 11.5 Å². The number of nitrogens with zero attached hydrogens (tertiary/aromatic N) is 1. The van der Waals surface area contributed by atoms with Crippen molar-refractivity contribution in [3.8, 4) is 0 Å². The first kappa shape index (κ1) is 12.6. The first-order valence-electron chi connectivity index (χ1n) is 6.73. The number of nitrogen functional groups attached to an aromatic ring is 1. The Balaban J connectivity index is 2.00. The number of benzene rings is 1. The van der Waals surface area contributed by atoms with Crippen LogP contribution in [0.3, 0.4) is 0 Å². The molecule has 4 N–H and O–H groups in total. The number of fused-ring (bicyclic) bond motifs is 1. The second kappa shape index (κ2) is 4.94. The molecule has 3 rings (SSSR count). The topological polar surface area (TPSA) is 64.9 Å². The molecule has 0 saturated heterocycles. The summed E-state index contributed by atoms with van der Waals surface area (Å²) in [4.78, 5) is 5.87. The molecule has 0 aliphatic heterocycles. The summed E-state index contributed by atoms with van der Waals surface area (Å²) in [6, 6.07) is 10.7. The van der Waals surface area contributed by atoms with Gasteiger partial charge in [0.15, 0.2) is 5.13 Å². The van der Waals surface area contributed by atoms with E-state index in [9.17, 15) is 0 Å². The molecular formula is C15H19N3S. The highest BCUT2D eigenvalue weighted by Gasteiger charge is 2.36. The van der Waals surface area contributed by atoms with Crippen LogP contribution >= 0.6 is 11.3 Å². The normalized spacial score (nSPS) is 22.2. The molecule has 0 fully saturated rings. The van der Waals surface area contributed by atoms with Crippen molar-refractivity contribution >= 4 is 16.5 Å². The minimum Gasteiger partial charge on any atom is -0.375 e. The number of rotatable bonds is 3. The van der Waals surface area contributed by atoms with Crippen LogP contribution in [0.15, 0.2) is 30.3 Å². The average molecular weight is 273 g/mol. The summed E-state index contributed by atoms with van der Waals surface area (Å²) in [6.45, 7) is 0.712. The zero-order chi connectivity index (χ0) is 13.3. The summed E-state index contributed by atoms with van der Waals surface area (Å²) < 4.78 is 0. The Morgan fingerprint density at radius 3 is 2.79 bits per heavy atom. The molecule has 0 spiro atoms. The van der Waals surface area contributed by atoms with Crippen LogP contribution in [0.4, 0.5) is 5.13 Å². The summed E-state index contributed by atoms with van der Waals surface area (Å²) in [5.41, 5.74) is 14.4. The zero-order valence-electron chi connectivity index (χ0n) is 10.9. The van der Waals surface area contributed by atoms with Crippen LogP contribution in [-0.2, 0) is 18.3 Å². The molecule has 0 amide bonds.